The molecule has 5 heteroatoms. The number of rotatable bonds is 5. The van der Waals surface area contributed by atoms with Crippen LogP contribution >= 0.6 is 0 Å². The summed E-state index contributed by atoms with van der Waals surface area (Å²) in [6.45, 7) is 6.52. The van der Waals surface area contributed by atoms with Crippen LogP contribution in [0.4, 0.5) is 17.2 Å². The summed E-state index contributed by atoms with van der Waals surface area (Å²) in [5.74, 6) is 1.22. The predicted octanol–water partition coefficient (Wildman–Crippen LogP) is 5.38. The van der Waals surface area contributed by atoms with Crippen LogP contribution in [-0.2, 0) is 5.41 Å². The molecule has 3 aromatic rings. The summed E-state index contributed by atoms with van der Waals surface area (Å²) in [6.07, 6.45) is 1.57. The topological polar surface area (TPSA) is 63.2 Å². The van der Waals surface area contributed by atoms with Crippen LogP contribution in [0, 0.1) is 0 Å². The number of aromatic nitrogens is 1. The molecule has 0 aliphatic rings. The number of carbonyl (C=O) groups excluding carboxylic acids is 1. The van der Waals surface area contributed by atoms with Gasteiger partial charge in [0, 0.05) is 17.6 Å². The first-order valence-corrected chi connectivity index (χ1v) is 9.15. The van der Waals surface area contributed by atoms with Crippen LogP contribution in [0.1, 0.15) is 36.7 Å². The number of nitrogens with one attached hydrogen (secondary N) is 2. The minimum absolute atomic E-state index is 0.0157. The van der Waals surface area contributed by atoms with Crippen molar-refractivity contribution < 1.29 is 9.53 Å². The van der Waals surface area contributed by atoms with Crippen LogP contribution in [0.25, 0.3) is 0 Å². The lowest BCUT2D eigenvalue weighted by Crippen LogP contribution is -2.14. The van der Waals surface area contributed by atoms with Gasteiger partial charge in [-0.3, -0.25) is 4.79 Å². The van der Waals surface area contributed by atoms with Crippen molar-refractivity contribution in [2.24, 2.45) is 0 Å². The third kappa shape index (κ3) is 4.68. The van der Waals surface area contributed by atoms with Crippen molar-refractivity contribution >= 4 is 23.1 Å². The van der Waals surface area contributed by atoms with E-state index in [1.165, 1.54) is 5.56 Å². The number of anilines is 3. The highest BCUT2D eigenvalue weighted by molar-refractivity contribution is 6.04. The van der Waals surface area contributed by atoms with Crippen LogP contribution < -0.4 is 15.4 Å². The van der Waals surface area contributed by atoms with Gasteiger partial charge in [-0.1, -0.05) is 39.0 Å². The van der Waals surface area contributed by atoms with E-state index in [9.17, 15) is 4.79 Å². The highest BCUT2D eigenvalue weighted by atomic mass is 16.5. The van der Waals surface area contributed by atoms with E-state index in [4.69, 9.17) is 4.74 Å². The molecule has 0 atom stereocenters. The second-order valence-corrected chi connectivity index (χ2v) is 7.54. The van der Waals surface area contributed by atoms with Crippen molar-refractivity contribution in [1.82, 2.24) is 4.98 Å². The number of ether oxygens (including phenoxy) is 1. The monoisotopic (exact) mass is 375 g/mol. The van der Waals surface area contributed by atoms with Gasteiger partial charge in [0.15, 0.2) is 0 Å². The number of hydrogen-bond acceptors (Lipinski definition) is 4. The molecule has 28 heavy (non-hydrogen) atoms. The Bertz CT molecular complexity index is 943. The number of pyridine rings is 1. The van der Waals surface area contributed by atoms with E-state index in [-0.39, 0.29) is 11.3 Å². The van der Waals surface area contributed by atoms with Gasteiger partial charge in [0.05, 0.1) is 12.7 Å². The molecule has 0 spiro atoms. The Kier molecular flexibility index (Phi) is 5.64. The van der Waals surface area contributed by atoms with Crippen molar-refractivity contribution in [3.05, 3.63) is 78.0 Å². The molecule has 0 saturated carbocycles. The first-order valence-electron chi connectivity index (χ1n) is 9.15. The number of amides is 1. The summed E-state index contributed by atoms with van der Waals surface area (Å²) in [6, 6.07) is 18.9. The molecule has 1 heterocycles. The number of carbonyl (C=O) groups is 1. The first-order chi connectivity index (χ1) is 13.4. The average molecular weight is 375 g/mol. The van der Waals surface area contributed by atoms with Crippen LogP contribution in [-0.4, -0.2) is 18.0 Å². The molecule has 2 N–H and O–H groups in total. The zero-order valence-corrected chi connectivity index (χ0v) is 16.6. The molecule has 0 aliphatic carbocycles. The predicted molar refractivity (Wildman–Crippen MR) is 114 cm³/mol. The summed E-state index contributed by atoms with van der Waals surface area (Å²) in [4.78, 5) is 16.8. The highest BCUT2D eigenvalue weighted by Crippen LogP contribution is 2.30. The minimum Gasteiger partial charge on any atom is -0.497 e. The molecule has 3 rings (SSSR count). The fraction of sp³-hybridized carbons (Fsp3) is 0.217. The Morgan fingerprint density at radius 3 is 2.29 bits per heavy atom. The fourth-order valence-electron chi connectivity index (χ4n) is 2.86. The molecule has 0 saturated heterocycles. The molecular weight excluding hydrogens is 350 g/mol. The molecule has 0 fully saturated rings. The van der Waals surface area contributed by atoms with Crippen molar-refractivity contribution in [2.45, 2.75) is 26.2 Å². The van der Waals surface area contributed by atoms with E-state index < -0.39 is 0 Å². The third-order valence-corrected chi connectivity index (χ3v) is 4.37. The normalized spacial score (nSPS) is 11.0. The van der Waals surface area contributed by atoms with Gasteiger partial charge in [-0.15, -0.1) is 0 Å². The van der Waals surface area contributed by atoms with Crippen LogP contribution in [0.15, 0.2) is 66.9 Å². The van der Waals surface area contributed by atoms with Gasteiger partial charge in [0.2, 0.25) is 0 Å². The van der Waals surface area contributed by atoms with Crippen molar-refractivity contribution in [2.75, 3.05) is 17.7 Å². The standard InChI is InChI=1S/C23H25N3O2/c1-23(2,3)19-7-5-6-8-20(19)26-21-14-9-16(15-24-21)22(27)25-17-10-12-18(28-4)13-11-17/h5-15H,1-4H3,(H,24,26)(H,25,27). The van der Waals surface area contributed by atoms with E-state index in [1.54, 1.807) is 43.6 Å². The summed E-state index contributed by atoms with van der Waals surface area (Å²) in [5.41, 5.74) is 3.43. The van der Waals surface area contributed by atoms with Gasteiger partial charge in [-0.25, -0.2) is 4.98 Å². The van der Waals surface area contributed by atoms with Gasteiger partial charge >= 0.3 is 0 Å². The van der Waals surface area contributed by atoms with E-state index in [1.807, 2.05) is 24.3 Å². The number of para-hydroxylation sites is 1. The summed E-state index contributed by atoms with van der Waals surface area (Å²) >= 11 is 0. The molecule has 144 valence electrons. The smallest absolute Gasteiger partial charge is 0.257 e. The van der Waals surface area contributed by atoms with Gasteiger partial charge < -0.3 is 15.4 Å². The number of hydrogen-bond donors (Lipinski definition) is 2. The van der Waals surface area contributed by atoms with Crippen LogP contribution in [0.3, 0.4) is 0 Å². The number of benzene rings is 2. The maximum atomic E-state index is 12.4. The Labute approximate surface area is 165 Å². The Morgan fingerprint density at radius 1 is 0.964 bits per heavy atom. The fourth-order valence-corrected chi connectivity index (χ4v) is 2.86. The molecule has 0 unspecified atom stereocenters. The first kappa shape index (κ1) is 19.4. The quantitative estimate of drug-likeness (QED) is 0.628. The van der Waals surface area contributed by atoms with Crippen LogP contribution in [0.2, 0.25) is 0 Å². The largest absolute Gasteiger partial charge is 0.497 e. The van der Waals surface area contributed by atoms with E-state index >= 15 is 0 Å². The lowest BCUT2D eigenvalue weighted by Gasteiger charge is -2.23. The molecule has 0 radical (unpaired) electrons. The van der Waals surface area contributed by atoms with Gasteiger partial charge in [0.25, 0.3) is 5.91 Å². The highest BCUT2D eigenvalue weighted by Gasteiger charge is 2.17. The van der Waals surface area contributed by atoms with Gasteiger partial charge in [-0.2, -0.15) is 0 Å². The Hall–Kier alpha value is -3.34. The number of nitrogens with zero attached hydrogens (tertiary/aromatic N) is 1. The zero-order chi connectivity index (χ0) is 20.1. The molecular formula is C23H25N3O2. The molecule has 1 amide bonds. The van der Waals surface area contributed by atoms with Crippen molar-refractivity contribution in [3.8, 4) is 5.75 Å². The maximum Gasteiger partial charge on any atom is 0.257 e. The van der Waals surface area contributed by atoms with Gasteiger partial charge in [-0.05, 0) is 53.4 Å². The summed E-state index contributed by atoms with van der Waals surface area (Å²) in [7, 11) is 1.61. The molecule has 1 aromatic heterocycles. The summed E-state index contributed by atoms with van der Waals surface area (Å²) < 4.78 is 5.12. The minimum atomic E-state index is -0.209. The lowest BCUT2D eigenvalue weighted by atomic mass is 9.86. The van der Waals surface area contributed by atoms with Gasteiger partial charge in [0.1, 0.15) is 11.6 Å². The third-order valence-electron chi connectivity index (χ3n) is 4.37. The summed E-state index contributed by atoms with van der Waals surface area (Å²) in [5, 5.41) is 6.20. The van der Waals surface area contributed by atoms with E-state index in [0.29, 0.717) is 17.1 Å². The molecule has 0 aliphatic heterocycles. The van der Waals surface area contributed by atoms with Crippen molar-refractivity contribution in [1.29, 1.82) is 0 Å². The lowest BCUT2D eigenvalue weighted by molar-refractivity contribution is 0.102. The average Bonchev–Trinajstić information content (AvgIpc) is 2.69. The zero-order valence-electron chi connectivity index (χ0n) is 16.6. The molecule has 5 nitrogen and oxygen atoms in total. The van der Waals surface area contributed by atoms with E-state index in [2.05, 4.69) is 42.5 Å². The van der Waals surface area contributed by atoms with E-state index in [0.717, 1.165) is 11.4 Å². The van der Waals surface area contributed by atoms with Crippen molar-refractivity contribution in [3.63, 3.8) is 0 Å². The second kappa shape index (κ2) is 8.13. The Morgan fingerprint density at radius 2 is 1.68 bits per heavy atom. The Balaban J connectivity index is 1.70. The second-order valence-electron chi connectivity index (χ2n) is 7.54. The SMILES string of the molecule is COc1ccc(NC(=O)c2ccc(Nc3ccccc3C(C)(C)C)nc2)cc1. The van der Waals surface area contributed by atoms with Crippen LogP contribution in [0.5, 0.6) is 5.75 Å². The maximum absolute atomic E-state index is 12.4. The molecule has 0 bridgehead atoms. The molecule has 2 aromatic carbocycles. The number of methoxy groups -OCH3 is 1.